The number of aromatic nitrogens is 2. The van der Waals surface area contributed by atoms with Gasteiger partial charge in [0.1, 0.15) is 0 Å². The van der Waals surface area contributed by atoms with Crippen molar-refractivity contribution < 1.29 is 5.11 Å². The lowest BCUT2D eigenvalue weighted by atomic mass is 10.2. The molecule has 21 heavy (non-hydrogen) atoms. The van der Waals surface area contributed by atoms with Crippen molar-refractivity contribution in [1.82, 2.24) is 9.55 Å². The minimum absolute atomic E-state index is 0.0521. The predicted molar refractivity (Wildman–Crippen MR) is 82.7 cm³/mol. The second-order valence-corrected chi connectivity index (χ2v) is 5.47. The normalized spacial score (nSPS) is 10.2. The van der Waals surface area contributed by atoms with E-state index in [1.54, 1.807) is 6.20 Å². The molecule has 0 amide bonds. The Kier molecular flexibility index (Phi) is 5.14. The van der Waals surface area contributed by atoms with Crippen LogP contribution in [0, 0.1) is 11.8 Å². The van der Waals surface area contributed by atoms with Crippen molar-refractivity contribution in [3.8, 4) is 11.8 Å². The zero-order valence-corrected chi connectivity index (χ0v) is 12.5. The number of H-pyrrole nitrogens is 1. The monoisotopic (exact) mass is 304 g/mol. The molecule has 0 spiro atoms. The highest BCUT2D eigenvalue weighted by molar-refractivity contribution is 7.10. The van der Waals surface area contributed by atoms with Crippen molar-refractivity contribution in [2.75, 3.05) is 6.61 Å². The maximum atomic E-state index is 11.8. The third-order valence-corrected chi connectivity index (χ3v) is 3.84. The summed E-state index contributed by atoms with van der Waals surface area (Å²) in [5, 5.41) is 10.6. The van der Waals surface area contributed by atoms with Crippen molar-refractivity contribution in [3.63, 3.8) is 0 Å². The number of thiophene rings is 1. The molecule has 0 aliphatic heterocycles. The molecule has 0 fully saturated rings. The molecule has 0 aromatic carbocycles. The Balaban J connectivity index is 2.21. The van der Waals surface area contributed by atoms with Gasteiger partial charge in [-0.05, 0) is 12.5 Å². The van der Waals surface area contributed by atoms with Crippen molar-refractivity contribution in [2.24, 2.45) is 0 Å². The van der Waals surface area contributed by atoms with Gasteiger partial charge in [0.05, 0.1) is 13.2 Å². The molecule has 0 aliphatic rings. The predicted octanol–water partition coefficient (Wildman–Crippen LogP) is 0.943. The first-order chi connectivity index (χ1) is 10.1. The SMILES string of the molecule is CCc1cn(Cc2cc(C#CCCO)cs2)c(=O)[nH]c1=O. The second kappa shape index (κ2) is 7.07. The van der Waals surface area contributed by atoms with Gasteiger partial charge in [-0.2, -0.15) is 0 Å². The van der Waals surface area contributed by atoms with Crippen LogP contribution in [-0.4, -0.2) is 21.3 Å². The van der Waals surface area contributed by atoms with Gasteiger partial charge in [-0.3, -0.25) is 14.3 Å². The maximum absolute atomic E-state index is 11.8. The third kappa shape index (κ3) is 3.94. The zero-order valence-electron chi connectivity index (χ0n) is 11.7. The Morgan fingerprint density at radius 1 is 1.43 bits per heavy atom. The summed E-state index contributed by atoms with van der Waals surface area (Å²) in [5.74, 6) is 5.81. The van der Waals surface area contributed by atoms with Crippen LogP contribution < -0.4 is 11.2 Å². The van der Waals surface area contributed by atoms with Gasteiger partial charge in [-0.25, -0.2) is 4.79 Å². The van der Waals surface area contributed by atoms with E-state index < -0.39 is 5.69 Å². The van der Waals surface area contributed by atoms with Crippen molar-refractivity contribution in [1.29, 1.82) is 0 Å². The maximum Gasteiger partial charge on any atom is 0.328 e. The quantitative estimate of drug-likeness (QED) is 0.826. The van der Waals surface area contributed by atoms with Gasteiger partial charge in [-0.1, -0.05) is 18.8 Å². The van der Waals surface area contributed by atoms with E-state index in [2.05, 4.69) is 16.8 Å². The molecule has 0 saturated heterocycles. The lowest BCUT2D eigenvalue weighted by molar-refractivity contribution is 0.305. The molecule has 6 heteroatoms. The van der Waals surface area contributed by atoms with Crippen LogP contribution in [0.15, 0.2) is 27.2 Å². The highest BCUT2D eigenvalue weighted by Gasteiger charge is 2.05. The number of aryl methyl sites for hydroxylation is 1. The highest BCUT2D eigenvalue weighted by atomic mass is 32.1. The molecule has 0 saturated carbocycles. The summed E-state index contributed by atoms with van der Waals surface area (Å²) in [6, 6.07) is 1.91. The lowest BCUT2D eigenvalue weighted by Crippen LogP contribution is -2.31. The molecule has 2 aromatic heterocycles. The number of hydrogen-bond acceptors (Lipinski definition) is 4. The Morgan fingerprint density at radius 2 is 2.24 bits per heavy atom. The van der Waals surface area contributed by atoms with Crippen LogP contribution in [0.1, 0.15) is 29.3 Å². The third-order valence-electron chi connectivity index (χ3n) is 2.92. The van der Waals surface area contributed by atoms with Gasteiger partial charge >= 0.3 is 5.69 Å². The first-order valence-corrected chi connectivity index (χ1v) is 7.51. The molecule has 2 rings (SSSR count). The van der Waals surface area contributed by atoms with Gasteiger partial charge < -0.3 is 5.11 Å². The molecule has 2 aromatic rings. The molecule has 0 unspecified atom stereocenters. The van der Waals surface area contributed by atoms with Crippen LogP contribution in [0.5, 0.6) is 0 Å². The second-order valence-electron chi connectivity index (χ2n) is 4.47. The fourth-order valence-corrected chi connectivity index (χ4v) is 2.66. The number of hydrogen-bond donors (Lipinski definition) is 2. The highest BCUT2D eigenvalue weighted by Crippen LogP contribution is 2.14. The van der Waals surface area contributed by atoms with Crippen molar-refractivity contribution in [3.05, 3.63) is 54.5 Å². The molecule has 0 aliphatic carbocycles. The van der Waals surface area contributed by atoms with Crippen LogP contribution in [0.2, 0.25) is 0 Å². The van der Waals surface area contributed by atoms with E-state index in [-0.39, 0.29) is 12.2 Å². The lowest BCUT2D eigenvalue weighted by Gasteiger charge is -2.04. The average Bonchev–Trinajstić information content (AvgIpc) is 2.90. The van der Waals surface area contributed by atoms with E-state index in [9.17, 15) is 9.59 Å². The van der Waals surface area contributed by atoms with Crippen molar-refractivity contribution >= 4 is 11.3 Å². The van der Waals surface area contributed by atoms with Gasteiger partial charge in [-0.15, -0.1) is 11.3 Å². The first-order valence-electron chi connectivity index (χ1n) is 6.63. The Labute approximate surface area is 125 Å². The largest absolute Gasteiger partial charge is 0.395 e. The minimum Gasteiger partial charge on any atom is -0.395 e. The van der Waals surface area contributed by atoms with Crippen LogP contribution in [-0.2, 0) is 13.0 Å². The number of rotatable bonds is 4. The van der Waals surface area contributed by atoms with E-state index in [1.165, 1.54) is 15.9 Å². The van der Waals surface area contributed by atoms with Gasteiger partial charge in [0.2, 0.25) is 0 Å². The summed E-state index contributed by atoms with van der Waals surface area (Å²) in [4.78, 5) is 26.6. The standard InChI is InChI=1S/C15H16N2O3S/c1-2-12-8-17(15(20)16-14(12)19)9-13-7-11(10-21-13)5-3-4-6-18/h7-8,10,18H,2,4,6,9H2,1H3,(H,16,19,20). The number of aliphatic hydroxyl groups excluding tert-OH is 1. The zero-order chi connectivity index (χ0) is 15.2. The summed E-state index contributed by atoms with van der Waals surface area (Å²) >= 11 is 1.51. The Bertz CT molecular complexity index is 789. The van der Waals surface area contributed by atoms with Crippen LogP contribution in [0.4, 0.5) is 0 Å². The van der Waals surface area contributed by atoms with Crippen LogP contribution in [0.25, 0.3) is 0 Å². The molecule has 2 N–H and O–H groups in total. The molecule has 5 nitrogen and oxygen atoms in total. The van der Waals surface area contributed by atoms with Crippen LogP contribution in [0.3, 0.4) is 0 Å². The summed E-state index contributed by atoms with van der Waals surface area (Å²) in [5.41, 5.74) is 0.741. The number of aromatic amines is 1. The number of nitrogens with one attached hydrogen (secondary N) is 1. The van der Waals surface area contributed by atoms with E-state index >= 15 is 0 Å². The molecule has 0 radical (unpaired) electrons. The van der Waals surface area contributed by atoms with Crippen LogP contribution >= 0.6 is 11.3 Å². The van der Waals surface area contributed by atoms with Gasteiger partial charge in [0.25, 0.3) is 5.56 Å². The summed E-state index contributed by atoms with van der Waals surface area (Å²) < 4.78 is 1.50. The molecule has 110 valence electrons. The van der Waals surface area contributed by atoms with Gasteiger partial charge in [0.15, 0.2) is 0 Å². The topological polar surface area (TPSA) is 75.1 Å². The number of aliphatic hydroxyl groups is 1. The minimum atomic E-state index is -0.404. The molecular formula is C15H16N2O3S. The molecule has 2 heterocycles. The van der Waals surface area contributed by atoms with E-state index in [1.807, 2.05) is 18.4 Å². The smallest absolute Gasteiger partial charge is 0.328 e. The summed E-state index contributed by atoms with van der Waals surface area (Å²) in [7, 11) is 0. The fraction of sp³-hybridized carbons (Fsp3) is 0.333. The Morgan fingerprint density at radius 3 is 2.95 bits per heavy atom. The fourth-order valence-electron chi connectivity index (χ4n) is 1.84. The summed E-state index contributed by atoms with van der Waals surface area (Å²) in [6.07, 6.45) is 2.64. The first kappa shape index (κ1) is 15.3. The average molecular weight is 304 g/mol. The van der Waals surface area contributed by atoms with E-state index in [0.29, 0.717) is 24.9 Å². The number of nitrogens with zero attached hydrogens (tertiary/aromatic N) is 1. The van der Waals surface area contributed by atoms with E-state index in [4.69, 9.17) is 5.11 Å². The van der Waals surface area contributed by atoms with Gasteiger partial charge in [0, 0.05) is 34.0 Å². The van der Waals surface area contributed by atoms with Crippen molar-refractivity contribution in [2.45, 2.75) is 26.3 Å². The Hall–Kier alpha value is -2.10. The summed E-state index contributed by atoms with van der Waals surface area (Å²) in [6.45, 7) is 2.34. The molecule has 0 atom stereocenters. The molecular weight excluding hydrogens is 288 g/mol. The van der Waals surface area contributed by atoms with E-state index in [0.717, 1.165) is 10.4 Å². The molecule has 0 bridgehead atoms.